The Bertz CT molecular complexity index is 1260. The van der Waals surface area contributed by atoms with E-state index in [1.807, 2.05) is 12.1 Å². The summed E-state index contributed by atoms with van der Waals surface area (Å²) in [4.78, 5) is 29.8. The summed E-state index contributed by atoms with van der Waals surface area (Å²) >= 11 is 3.22. The second kappa shape index (κ2) is 10.4. The lowest BCUT2D eigenvalue weighted by Gasteiger charge is -2.16. The Balaban J connectivity index is 1.21. The van der Waals surface area contributed by atoms with E-state index < -0.39 is 0 Å². The molecule has 0 bridgehead atoms. The van der Waals surface area contributed by atoms with E-state index in [0.29, 0.717) is 36.7 Å². The van der Waals surface area contributed by atoms with Gasteiger partial charge in [-0.1, -0.05) is 0 Å². The van der Waals surface area contributed by atoms with E-state index in [9.17, 15) is 9.59 Å². The number of carbonyl (C=O) groups excluding carboxylic acids is 2. The fourth-order valence-corrected chi connectivity index (χ4v) is 7.77. The number of esters is 1. The second-order valence-corrected chi connectivity index (χ2v) is 11.5. The highest BCUT2D eigenvalue weighted by Gasteiger charge is 2.30. The number of nitrogens with one attached hydrogen (secondary N) is 3. The third-order valence-electron chi connectivity index (χ3n) is 6.97. The fourth-order valence-electron chi connectivity index (χ4n) is 5.20. The van der Waals surface area contributed by atoms with Crippen LogP contribution >= 0.6 is 22.7 Å². The zero-order valence-electron chi connectivity index (χ0n) is 19.9. The van der Waals surface area contributed by atoms with Crippen molar-refractivity contribution < 1.29 is 23.5 Å². The van der Waals surface area contributed by atoms with Gasteiger partial charge >= 0.3 is 12.0 Å². The van der Waals surface area contributed by atoms with Crippen LogP contribution < -0.4 is 16.0 Å². The second-order valence-electron chi connectivity index (χ2n) is 9.33. The number of hydrogen-bond donors (Lipinski definition) is 3. The smallest absolute Gasteiger partial charge is 0.341 e. The molecule has 1 aliphatic carbocycles. The zero-order valence-corrected chi connectivity index (χ0v) is 21.6. The van der Waals surface area contributed by atoms with Crippen molar-refractivity contribution >= 4 is 39.7 Å². The van der Waals surface area contributed by atoms with Crippen LogP contribution in [0.3, 0.4) is 0 Å². The van der Waals surface area contributed by atoms with Crippen molar-refractivity contribution in [3.63, 3.8) is 0 Å². The molecular formula is C26H29N3O5S2. The van der Waals surface area contributed by atoms with Crippen LogP contribution in [0.2, 0.25) is 0 Å². The third-order valence-corrected chi connectivity index (χ3v) is 9.47. The molecule has 8 nitrogen and oxygen atoms in total. The molecule has 1 unspecified atom stereocenters. The lowest BCUT2D eigenvalue weighted by atomic mass is 9.95. The average molecular weight is 528 g/mol. The molecule has 0 aromatic carbocycles. The van der Waals surface area contributed by atoms with E-state index in [2.05, 4.69) is 16.0 Å². The monoisotopic (exact) mass is 527 g/mol. The highest BCUT2D eigenvalue weighted by Crippen LogP contribution is 2.40. The zero-order chi connectivity index (χ0) is 24.5. The van der Waals surface area contributed by atoms with Crippen LogP contribution in [0.15, 0.2) is 22.8 Å². The number of thiophene rings is 2. The molecule has 6 rings (SSSR count). The molecule has 190 valence electrons. The van der Waals surface area contributed by atoms with Gasteiger partial charge in [-0.15, -0.1) is 22.7 Å². The predicted octanol–water partition coefficient (Wildman–Crippen LogP) is 4.86. The standard InChI is InChI=1S/C26H29N3O5S2/c30-25(34-15-8-11-32-14-15)22-17-4-1-2-6-20(17)36-24(22)29-26(31)28-12-18-16-7-9-27-13-21(16)35-23(18)19-5-3-10-33-19/h3,5,10,15,27H,1-2,4,6-9,11-14H2,(H2,28,29,31). The van der Waals surface area contributed by atoms with Crippen molar-refractivity contribution in [1.29, 1.82) is 0 Å². The van der Waals surface area contributed by atoms with Crippen LogP contribution in [0.4, 0.5) is 9.80 Å². The topological polar surface area (TPSA) is 102 Å². The van der Waals surface area contributed by atoms with Crippen molar-refractivity contribution in [2.45, 2.75) is 57.7 Å². The van der Waals surface area contributed by atoms with Crippen LogP contribution in [0, 0.1) is 0 Å². The number of anilines is 1. The average Bonchev–Trinajstić information content (AvgIpc) is 3.68. The number of fused-ring (bicyclic) bond motifs is 2. The van der Waals surface area contributed by atoms with E-state index >= 15 is 0 Å². The lowest BCUT2D eigenvalue weighted by molar-refractivity contribution is 0.0271. The molecule has 3 aromatic rings. The van der Waals surface area contributed by atoms with Gasteiger partial charge in [0, 0.05) is 29.3 Å². The molecule has 3 aromatic heterocycles. The Hall–Kier alpha value is -2.66. The summed E-state index contributed by atoms with van der Waals surface area (Å²) in [5.74, 6) is 0.457. The van der Waals surface area contributed by atoms with Gasteiger partial charge in [-0.05, 0) is 67.5 Å². The molecule has 36 heavy (non-hydrogen) atoms. The minimum Gasteiger partial charge on any atom is -0.464 e. The number of aryl methyl sites for hydroxylation is 1. The quantitative estimate of drug-likeness (QED) is 0.396. The first-order valence-electron chi connectivity index (χ1n) is 12.5. The van der Waals surface area contributed by atoms with Gasteiger partial charge in [0.2, 0.25) is 0 Å². The fraction of sp³-hybridized carbons (Fsp3) is 0.462. The van der Waals surface area contributed by atoms with Gasteiger partial charge in [0.15, 0.2) is 0 Å². The summed E-state index contributed by atoms with van der Waals surface area (Å²) in [6.45, 7) is 3.17. The Morgan fingerprint density at radius 1 is 1.14 bits per heavy atom. The first kappa shape index (κ1) is 23.7. The number of carbonyl (C=O) groups is 2. The molecule has 3 aliphatic rings. The van der Waals surface area contributed by atoms with Gasteiger partial charge in [-0.2, -0.15) is 0 Å². The van der Waals surface area contributed by atoms with Crippen LogP contribution in [-0.4, -0.2) is 37.9 Å². The van der Waals surface area contributed by atoms with Crippen molar-refractivity contribution in [3.05, 3.63) is 50.4 Å². The number of hydrogen-bond acceptors (Lipinski definition) is 8. The Morgan fingerprint density at radius 2 is 2.06 bits per heavy atom. The van der Waals surface area contributed by atoms with E-state index in [1.54, 1.807) is 17.6 Å². The summed E-state index contributed by atoms with van der Waals surface area (Å²) in [5.41, 5.74) is 3.95. The first-order valence-corrected chi connectivity index (χ1v) is 14.2. The first-order chi connectivity index (χ1) is 17.7. The molecular weight excluding hydrogens is 498 g/mol. The maximum absolute atomic E-state index is 13.2. The van der Waals surface area contributed by atoms with Crippen LogP contribution in [-0.2, 0) is 41.8 Å². The molecule has 2 amide bonds. The molecule has 0 radical (unpaired) electrons. The molecule has 0 saturated carbocycles. The van der Waals surface area contributed by atoms with E-state index in [-0.39, 0.29) is 18.1 Å². The van der Waals surface area contributed by atoms with Crippen molar-refractivity contribution in [1.82, 2.24) is 10.6 Å². The normalized spacial score (nSPS) is 18.9. The van der Waals surface area contributed by atoms with Gasteiger partial charge < -0.3 is 24.5 Å². The molecule has 3 N–H and O–H groups in total. The van der Waals surface area contributed by atoms with Crippen LogP contribution in [0.5, 0.6) is 0 Å². The maximum atomic E-state index is 13.2. The summed E-state index contributed by atoms with van der Waals surface area (Å²) in [6, 6.07) is 3.51. The summed E-state index contributed by atoms with van der Waals surface area (Å²) in [5, 5.41) is 10.0. The lowest BCUT2D eigenvalue weighted by Crippen LogP contribution is -2.30. The molecule has 2 aliphatic heterocycles. The highest BCUT2D eigenvalue weighted by atomic mass is 32.1. The van der Waals surface area contributed by atoms with Gasteiger partial charge in [-0.3, -0.25) is 5.32 Å². The SMILES string of the molecule is O=C(NCc1c(-c2ccco2)sc2c1CCNC2)Nc1sc2c(c1C(=O)OC1CCOC1)CCCC2. The van der Waals surface area contributed by atoms with Gasteiger partial charge in [0.05, 0.1) is 29.9 Å². The Labute approximate surface area is 217 Å². The molecule has 0 spiro atoms. The summed E-state index contributed by atoms with van der Waals surface area (Å²) < 4.78 is 16.8. The maximum Gasteiger partial charge on any atom is 0.341 e. The highest BCUT2D eigenvalue weighted by molar-refractivity contribution is 7.17. The van der Waals surface area contributed by atoms with Gasteiger partial charge in [-0.25, -0.2) is 9.59 Å². The van der Waals surface area contributed by atoms with E-state index in [4.69, 9.17) is 13.9 Å². The van der Waals surface area contributed by atoms with E-state index in [1.165, 1.54) is 26.7 Å². The van der Waals surface area contributed by atoms with Crippen molar-refractivity contribution in [2.24, 2.45) is 0 Å². The third kappa shape index (κ3) is 4.70. The Morgan fingerprint density at radius 3 is 2.89 bits per heavy atom. The number of rotatable bonds is 6. The molecule has 1 atom stereocenters. The number of furan rings is 1. The minimum atomic E-state index is -0.361. The minimum absolute atomic E-state index is 0.224. The summed E-state index contributed by atoms with van der Waals surface area (Å²) in [6.07, 6.45) is 6.97. The molecule has 5 heterocycles. The molecule has 1 fully saturated rings. The molecule has 10 heteroatoms. The van der Waals surface area contributed by atoms with Crippen LogP contribution in [0.1, 0.15) is 56.1 Å². The Kier molecular flexibility index (Phi) is 6.83. The van der Waals surface area contributed by atoms with Crippen LogP contribution in [0.25, 0.3) is 10.6 Å². The number of urea groups is 1. The number of ether oxygens (including phenoxy) is 2. The summed E-state index contributed by atoms with van der Waals surface area (Å²) in [7, 11) is 0. The van der Waals surface area contributed by atoms with Crippen molar-refractivity contribution in [2.75, 3.05) is 25.1 Å². The van der Waals surface area contributed by atoms with Gasteiger partial charge in [0.25, 0.3) is 0 Å². The molecule has 1 saturated heterocycles. The van der Waals surface area contributed by atoms with Gasteiger partial charge in [0.1, 0.15) is 16.9 Å². The largest absolute Gasteiger partial charge is 0.464 e. The van der Waals surface area contributed by atoms with E-state index in [0.717, 1.165) is 67.0 Å². The number of amides is 2. The predicted molar refractivity (Wildman–Crippen MR) is 139 cm³/mol. The van der Waals surface area contributed by atoms with Crippen molar-refractivity contribution in [3.8, 4) is 10.6 Å².